The molecule has 0 unspecified atom stereocenters. The van der Waals surface area contributed by atoms with Crippen LogP contribution in [0.25, 0.3) is 11.3 Å². The standard InChI is InChI=1S/C31H28F4N4O7S/c1-46-25-11-22(32)20(24-13-36-23(12-37-24)18-9-19(18)30(42)43)10-21(25)28(40)39-27-15-6-5-14(7-15)26(27)29(41)38-16-3-2-4-17(8-16)47(44,45)31(33,34)35/h2-4,8,10-15,18-19,26-27H,5-7,9H2,1H3,(H,38,41)(H,39,40)(H,42,43)/t14-,15+,18+,19+,26+,27-/m1/s1. The Hall–Kier alpha value is -4.60. The lowest BCUT2D eigenvalue weighted by molar-refractivity contribution is -0.138. The van der Waals surface area contributed by atoms with Gasteiger partial charge in [0.25, 0.3) is 15.7 Å². The maximum absolute atomic E-state index is 15.2. The highest BCUT2D eigenvalue weighted by Gasteiger charge is 2.52. The minimum atomic E-state index is -5.64. The molecule has 11 nitrogen and oxygen atoms in total. The van der Waals surface area contributed by atoms with Gasteiger partial charge in [-0.15, -0.1) is 0 Å². The molecule has 2 aromatic carbocycles. The van der Waals surface area contributed by atoms with E-state index in [9.17, 15) is 41.1 Å². The van der Waals surface area contributed by atoms with E-state index < -0.39 is 61.7 Å². The molecule has 3 N–H and O–H groups in total. The number of benzene rings is 2. The van der Waals surface area contributed by atoms with Gasteiger partial charge in [0.1, 0.15) is 11.6 Å². The summed E-state index contributed by atoms with van der Waals surface area (Å²) in [4.78, 5) is 45.8. The summed E-state index contributed by atoms with van der Waals surface area (Å²) in [5.41, 5.74) is -5.21. The number of halogens is 4. The Kier molecular flexibility index (Phi) is 8.18. The van der Waals surface area contributed by atoms with Gasteiger partial charge in [0.2, 0.25) is 5.91 Å². The number of sulfone groups is 1. The van der Waals surface area contributed by atoms with Crippen LogP contribution in [0.3, 0.4) is 0 Å². The van der Waals surface area contributed by atoms with Crippen molar-refractivity contribution >= 4 is 33.3 Å². The number of ether oxygens (including phenoxy) is 1. The highest BCUT2D eigenvalue weighted by atomic mass is 32.2. The molecule has 1 aromatic heterocycles. The number of fused-ring (bicyclic) bond motifs is 2. The van der Waals surface area contributed by atoms with E-state index in [0.717, 1.165) is 30.7 Å². The number of nitrogens with one attached hydrogen (secondary N) is 2. The number of rotatable bonds is 9. The number of aliphatic carboxylic acids is 1. The molecule has 0 aliphatic heterocycles. The maximum Gasteiger partial charge on any atom is 0.501 e. The molecule has 6 atom stereocenters. The van der Waals surface area contributed by atoms with Gasteiger partial charge in [-0.05, 0) is 61.8 Å². The van der Waals surface area contributed by atoms with Crippen LogP contribution in [0.4, 0.5) is 23.2 Å². The van der Waals surface area contributed by atoms with Gasteiger partial charge in [-0.2, -0.15) is 13.2 Å². The van der Waals surface area contributed by atoms with Gasteiger partial charge in [0, 0.05) is 35.5 Å². The molecule has 6 rings (SSSR count). The molecule has 3 fully saturated rings. The van der Waals surface area contributed by atoms with Crippen molar-refractivity contribution in [3.05, 3.63) is 65.9 Å². The fourth-order valence-electron chi connectivity index (χ4n) is 6.77. The number of aromatic nitrogens is 2. The predicted molar refractivity (Wildman–Crippen MR) is 156 cm³/mol. The van der Waals surface area contributed by atoms with Crippen LogP contribution in [-0.4, -0.2) is 59.9 Å². The molecule has 3 aliphatic carbocycles. The summed E-state index contributed by atoms with van der Waals surface area (Å²) in [6, 6.07) is 5.46. The second kappa shape index (κ2) is 11.9. The van der Waals surface area contributed by atoms with Crippen LogP contribution in [0.15, 0.2) is 53.7 Å². The second-order valence-electron chi connectivity index (χ2n) is 12.0. The van der Waals surface area contributed by atoms with Crippen molar-refractivity contribution in [1.29, 1.82) is 0 Å². The molecule has 16 heteroatoms. The van der Waals surface area contributed by atoms with Gasteiger partial charge in [0.15, 0.2) is 0 Å². The lowest BCUT2D eigenvalue weighted by Gasteiger charge is -2.31. The number of carboxylic acids is 1. The average Bonchev–Trinajstić information content (AvgIpc) is 3.59. The molecule has 47 heavy (non-hydrogen) atoms. The Balaban J connectivity index is 1.22. The minimum Gasteiger partial charge on any atom is -0.496 e. The Labute approximate surface area is 265 Å². The summed E-state index contributed by atoms with van der Waals surface area (Å²) in [5.74, 6) is -4.84. The van der Waals surface area contributed by atoms with Gasteiger partial charge >= 0.3 is 11.5 Å². The Morgan fingerprint density at radius 1 is 1.02 bits per heavy atom. The van der Waals surface area contributed by atoms with Crippen molar-refractivity contribution in [1.82, 2.24) is 15.3 Å². The number of methoxy groups -OCH3 is 1. The van der Waals surface area contributed by atoms with E-state index >= 15 is 4.39 Å². The Bertz CT molecular complexity index is 1870. The van der Waals surface area contributed by atoms with Gasteiger partial charge in [-0.1, -0.05) is 6.07 Å². The molecule has 2 bridgehead atoms. The van der Waals surface area contributed by atoms with Crippen molar-refractivity contribution in [2.24, 2.45) is 23.7 Å². The zero-order valence-electron chi connectivity index (χ0n) is 24.6. The van der Waals surface area contributed by atoms with Gasteiger partial charge in [-0.3, -0.25) is 24.4 Å². The SMILES string of the molecule is COc1cc(F)c(-c2cnc([C@H]3C[C@@H]3C(=O)O)cn2)cc1C(=O)N[C@@H]1[C@H]2CC[C@H](C2)[C@@H]1C(=O)Nc1cccc(S(=O)(=O)C(F)(F)F)c1. The van der Waals surface area contributed by atoms with Crippen molar-refractivity contribution < 1.29 is 50.2 Å². The molecule has 1 heterocycles. The lowest BCUT2D eigenvalue weighted by atomic mass is 9.83. The van der Waals surface area contributed by atoms with Crippen molar-refractivity contribution in [3.8, 4) is 17.0 Å². The molecule has 3 aliphatic rings. The maximum atomic E-state index is 15.2. The summed E-state index contributed by atoms with van der Waals surface area (Å²) in [5, 5.41) is 14.6. The summed E-state index contributed by atoms with van der Waals surface area (Å²) in [6.45, 7) is 0. The summed E-state index contributed by atoms with van der Waals surface area (Å²) >= 11 is 0. The number of carbonyl (C=O) groups excluding carboxylic acids is 2. The molecule has 0 radical (unpaired) electrons. The number of carbonyl (C=O) groups is 3. The molecule has 3 aromatic rings. The first kappa shape index (κ1) is 32.3. The topological polar surface area (TPSA) is 165 Å². The molecule has 248 valence electrons. The first-order valence-electron chi connectivity index (χ1n) is 14.7. The molecular weight excluding hydrogens is 648 g/mol. The average molecular weight is 677 g/mol. The van der Waals surface area contributed by atoms with Crippen molar-refractivity contribution in [2.75, 3.05) is 12.4 Å². The van der Waals surface area contributed by atoms with E-state index in [1.807, 2.05) is 0 Å². The summed E-state index contributed by atoms with van der Waals surface area (Å²) in [6.07, 6.45) is 5.12. The largest absolute Gasteiger partial charge is 0.501 e. The fraction of sp³-hybridized carbons (Fsp3) is 0.387. The van der Waals surface area contributed by atoms with Crippen LogP contribution in [0, 0.1) is 29.5 Å². The second-order valence-corrected chi connectivity index (χ2v) is 13.9. The summed E-state index contributed by atoms with van der Waals surface area (Å²) < 4.78 is 83.5. The zero-order chi connectivity index (χ0) is 33.8. The predicted octanol–water partition coefficient (Wildman–Crippen LogP) is 4.56. The normalized spacial score (nSPS) is 24.9. The molecule has 3 saturated carbocycles. The van der Waals surface area contributed by atoms with Crippen LogP contribution >= 0.6 is 0 Å². The number of anilines is 1. The number of carboxylic acid groups (broad SMARTS) is 1. The monoisotopic (exact) mass is 676 g/mol. The quantitative estimate of drug-likeness (QED) is 0.276. The molecular formula is C31H28F4N4O7S. The number of hydrogen-bond donors (Lipinski definition) is 3. The van der Waals surface area contributed by atoms with Crippen LogP contribution in [0.1, 0.15) is 47.7 Å². The van der Waals surface area contributed by atoms with Crippen LogP contribution in [0.2, 0.25) is 0 Å². The van der Waals surface area contributed by atoms with E-state index in [2.05, 4.69) is 20.6 Å². The van der Waals surface area contributed by atoms with Gasteiger partial charge in [0.05, 0.1) is 47.0 Å². The number of alkyl halides is 3. The Morgan fingerprint density at radius 2 is 1.77 bits per heavy atom. The first-order valence-corrected chi connectivity index (χ1v) is 16.1. The fourth-order valence-corrected chi connectivity index (χ4v) is 7.57. The smallest absolute Gasteiger partial charge is 0.496 e. The van der Waals surface area contributed by atoms with Crippen LogP contribution < -0.4 is 15.4 Å². The lowest BCUT2D eigenvalue weighted by Crippen LogP contribution is -2.48. The summed E-state index contributed by atoms with van der Waals surface area (Å²) in [7, 11) is -4.38. The van der Waals surface area contributed by atoms with E-state index in [4.69, 9.17) is 4.74 Å². The third-order valence-corrected chi connectivity index (χ3v) is 10.7. The van der Waals surface area contributed by atoms with Crippen LogP contribution in [-0.2, 0) is 19.4 Å². The highest BCUT2D eigenvalue weighted by Crippen LogP contribution is 2.49. The minimum absolute atomic E-state index is 0.0464. The number of amides is 2. The van der Waals surface area contributed by atoms with E-state index in [1.54, 1.807) is 0 Å². The Morgan fingerprint density at radius 3 is 2.40 bits per heavy atom. The van der Waals surface area contributed by atoms with Crippen molar-refractivity contribution in [3.63, 3.8) is 0 Å². The van der Waals surface area contributed by atoms with E-state index in [-0.39, 0.29) is 46.0 Å². The zero-order valence-corrected chi connectivity index (χ0v) is 25.4. The third kappa shape index (κ3) is 6.01. The van der Waals surface area contributed by atoms with Gasteiger partial charge < -0.3 is 20.5 Å². The van der Waals surface area contributed by atoms with E-state index in [1.165, 1.54) is 31.6 Å². The third-order valence-electron chi connectivity index (χ3n) is 9.20. The van der Waals surface area contributed by atoms with Crippen LogP contribution in [0.5, 0.6) is 5.75 Å². The highest BCUT2D eigenvalue weighted by molar-refractivity contribution is 7.92. The molecule has 0 saturated heterocycles. The molecule has 0 spiro atoms. The van der Waals surface area contributed by atoms with Crippen molar-refractivity contribution in [2.45, 2.75) is 48.0 Å². The molecule has 2 amide bonds. The van der Waals surface area contributed by atoms with Gasteiger partial charge in [-0.25, -0.2) is 12.8 Å². The van der Waals surface area contributed by atoms with E-state index in [0.29, 0.717) is 25.0 Å². The number of hydrogen-bond acceptors (Lipinski definition) is 8. The number of nitrogens with zero attached hydrogens (tertiary/aromatic N) is 2. The first-order chi connectivity index (χ1) is 22.2.